The first kappa shape index (κ1) is 15.2. The van der Waals surface area contributed by atoms with Gasteiger partial charge in [-0.1, -0.05) is 18.2 Å². The standard InChI is InChI=1S/C18H23NO2/c1-2-20-18-12-10-16(11-13-18)19-14-6-7-15-21-17-8-4-3-5-9-17/h3-5,8-13,19H,2,6-7,14-15H2,1H3. The maximum atomic E-state index is 5.66. The van der Waals surface area contributed by atoms with E-state index in [4.69, 9.17) is 9.47 Å². The van der Waals surface area contributed by atoms with Crippen LogP contribution in [0.25, 0.3) is 0 Å². The van der Waals surface area contributed by atoms with E-state index in [9.17, 15) is 0 Å². The predicted molar refractivity (Wildman–Crippen MR) is 87.3 cm³/mol. The molecule has 0 fully saturated rings. The fraction of sp³-hybridized carbons (Fsp3) is 0.333. The SMILES string of the molecule is CCOc1ccc(NCCCCOc2ccccc2)cc1. The van der Waals surface area contributed by atoms with Crippen LogP contribution in [0.2, 0.25) is 0 Å². The van der Waals surface area contributed by atoms with Crippen molar-refractivity contribution >= 4 is 5.69 Å². The topological polar surface area (TPSA) is 30.5 Å². The summed E-state index contributed by atoms with van der Waals surface area (Å²) in [6.45, 7) is 4.40. The normalized spacial score (nSPS) is 10.1. The van der Waals surface area contributed by atoms with E-state index in [0.29, 0.717) is 6.61 Å². The highest BCUT2D eigenvalue weighted by atomic mass is 16.5. The van der Waals surface area contributed by atoms with Crippen LogP contribution in [0.4, 0.5) is 5.69 Å². The van der Waals surface area contributed by atoms with Crippen LogP contribution in [0.5, 0.6) is 11.5 Å². The van der Waals surface area contributed by atoms with Gasteiger partial charge in [-0.2, -0.15) is 0 Å². The molecule has 2 aromatic carbocycles. The zero-order chi connectivity index (χ0) is 14.8. The number of hydrogen-bond acceptors (Lipinski definition) is 3. The first-order valence-corrected chi connectivity index (χ1v) is 7.53. The molecule has 112 valence electrons. The predicted octanol–water partition coefficient (Wildman–Crippen LogP) is 4.36. The number of rotatable bonds is 9. The molecule has 0 radical (unpaired) electrons. The van der Waals surface area contributed by atoms with Gasteiger partial charge in [-0.3, -0.25) is 0 Å². The van der Waals surface area contributed by atoms with E-state index in [-0.39, 0.29) is 0 Å². The minimum Gasteiger partial charge on any atom is -0.494 e. The van der Waals surface area contributed by atoms with Gasteiger partial charge in [-0.25, -0.2) is 0 Å². The van der Waals surface area contributed by atoms with Crippen molar-refractivity contribution in [3.05, 3.63) is 54.6 Å². The Kier molecular flexibility index (Phi) is 6.46. The molecule has 0 amide bonds. The minimum atomic E-state index is 0.703. The van der Waals surface area contributed by atoms with Crippen molar-refractivity contribution in [1.82, 2.24) is 0 Å². The van der Waals surface area contributed by atoms with Crippen molar-refractivity contribution in [2.75, 3.05) is 25.1 Å². The van der Waals surface area contributed by atoms with E-state index < -0.39 is 0 Å². The van der Waals surface area contributed by atoms with Crippen molar-refractivity contribution < 1.29 is 9.47 Å². The molecule has 0 heterocycles. The van der Waals surface area contributed by atoms with Crippen molar-refractivity contribution in [2.24, 2.45) is 0 Å². The van der Waals surface area contributed by atoms with Crippen LogP contribution in [0.1, 0.15) is 19.8 Å². The summed E-state index contributed by atoms with van der Waals surface area (Å²) in [5.41, 5.74) is 1.13. The van der Waals surface area contributed by atoms with Gasteiger partial charge in [0.25, 0.3) is 0 Å². The summed E-state index contributed by atoms with van der Waals surface area (Å²) in [6.07, 6.45) is 2.12. The monoisotopic (exact) mass is 285 g/mol. The summed E-state index contributed by atoms with van der Waals surface area (Å²) in [6, 6.07) is 18.0. The molecule has 0 atom stereocenters. The van der Waals surface area contributed by atoms with Gasteiger partial charge in [-0.05, 0) is 56.2 Å². The third kappa shape index (κ3) is 5.78. The molecule has 3 heteroatoms. The lowest BCUT2D eigenvalue weighted by Crippen LogP contribution is -2.04. The van der Waals surface area contributed by atoms with Crippen molar-refractivity contribution in [3.8, 4) is 11.5 Å². The third-order valence-electron chi connectivity index (χ3n) is 3.08. The highest BCUT2D eigenvalue weighted by Crippen LogP contribution is 2.15. The molecule has 0 bridgehead atoms. The molecule has 1 N–H and O–H groups in total. The molecule has 0 aliphatic rings. The number of hydrogen-bond donors (Lipinski definition) is 1. The third-order valence-corrected chi connectivity index (χ3v) is 3.08. The average molecular weight is 285 g/mol. The van der Waals surface area contributed by atoms with Gasteiger partial charge < -0.3 is 14.8 Å². The number of ether oxygens (including phenoxy) is 2. The van der Waals surface area contributed by atoms with Crippen molar-refractivity contribution in [2.45, 2.75) is 19.8 Å². The Morgan fingerprint density at radius 3 is 2.24 bits per heavy atom. The van der Waals surface area contributed by atoms with E-state index in [2.05, 4.69) is 5.32 Å². The summed E-state index contributed by atoms with van der Waals surface area (Å²) in [7, 11) is 0. The van der Waals surface area contributed by atoms with Gasteiger partial charge in [-0.15, -0.1) is 0 Å². The van der Waals surface area contributed by atoms with Crippen LogP contribution in [0, 0.1) is 0 Å². The fourth-order valence-corrected chi connectivity index (χ4v) is 2.00. The molecule has 21 heavy (non-hydrogen) atoms. The van der Waals surface area contributed by atoms with E-state index in [1.165, 1.54) is 0 Å². The van der Waals surface area contributed by atoms with E-state index >= 15 is 0 Å². The summed E-state index contributed by atoms with van der Waals surface area (Å²) in [5.74, 6) is 1.86. The summed E-state index contributed by atoms with van der Waals surface area (Å²) < 4.78 is 11.1. The van der Waals surface area contributed by atoms with Crippen molar-refractivity contribution in [1.29, 1.82) is 0 Å². The lowest BCUT2D eigenvalue weighted by Gasteiger charge is -2.09. The van der Waals surface area contributed by atoms with Gasteiger partial charge in [0.2, 0.25) is 0 Å². The Balaban J connectivity index is 1.57. The second-order valence-electron chi connectivity index (χ2n) is 4.75. The number of unbranched alkanes of at least 4 members (excludes halogenated alkanes) is 1. The van der Waals surface area contributed by atoms with Gasteiger partial charge in [0.1, 0.15) is 11.5 Å². The molecule has 0 unspecified atom stereocenters. The Morgan fingerprint density at radius 2 is 1.52 bits per heavy atom. The molecule has 2 aromatic rings. The Labute approximate surface area is 126 Å². The number of anilines is 1. The molecule has 0 saturated heterocycles. The van der Waals surface area contributed by atoms with Gasteiger partial charge in [0.15, 0.2) is 0 Å². The largest absolute Gasteiger partial charge is 0.494 e. The zero-order valence-electron chi connectivity index (χ0n) is 12.5. The summed E-state index contributed by atoms with van der Waals surface area (Å²) in [4.78, 5) is 0. The van der Waals surface area contributed by atoms with Crippen LogP contribution in [-0.2, 0) is 0 Å². The Hall–Kier alpha value is -2.16. The zero-order valence-corrected chi connectivity index (χ0v) is 12.5. The molecular weight excluding hydrogens is 262 g/mol. The summed E-state index contributed by atoms with van der Waals surface area (Å²) >= 11 is 0. The second-order valence-corrected chi connectivity index (χ2v) is 4.75. The minimum absolute atomic E-state index is 0.703. The fourth-order valence-electron chi connectivity index (χ4n) is 2.00. The van der Waals surface area contributed by atoms with E-state index in [1.807, 2.05) is 61.5 Å². The number of para-hydroxylation sites is 1. The molecular formula is C18H23NO2. The molecule has 0 saturated carbocycles. The molecule has 0 spiro atoms. The van der Waals surface area contributed by atoms with E-state index in [0.717, 1.165) is 43.2 Å². The average Bonchev–Trinajstić information content (AvgIpc) is 2.53. The van der Waals surface area contributed by atoms with Gasteiger partial charge in [0, 0.05) is 12.2 Å². The quantitative estimate of drug-likeness (QED) is 0.694. The smallest absolute Gasteiger partial charge is 0.119 e. The van der Waals surface area contributed by atoms with E-state index in [1.54, 1.807) is 0 Å². The van der Waals surface area contributed by atoms with Gasteiger partial charge >= 0.3 is 0 Å². The lowest BCUT2D eigenvalue weighted by molar-refractivity contribution is 0.308. The Morgan fingerprint density at radius 1 is 0.810 bits per heavy atom. The highest BCUT2D eigenvalue weighted by molar-refractivity contribution is 5.46. The maximum Gasteiger partial charge on any atom is 0.119 e. The maximum absolute atomic E-state index is 5.66. The molecule has 2 rings (SSSR count). The molecule has 0 aliphatic carbocycles. The highest BCUT2D eigenvalue weighted by Gasteiger charge is 1.95. The lowest BCUT2D eigenvalue weighted by atomic mass is 10.2. The Bertz CT molecular complexity index is 496. The first-order chi connectivity index (χ1) is 10.4. The number of nitrogens with one attached hydrogen (secondary N) is 1. The number of benzene rings is 2. The second kappa shape index (κ2) is 8.90. The van der Waals surface area contributed by atoms with Crippen molar-refractivity contribution in [3.63, 3.8) is 0 Å². The van der Waals surface area contributed by atoms with Gasteiger partial charge in [0.05, 0.1) is 13.2 Å². The molecule has 0 aliphatic heterocycles. The van der Waals surface area contributed by atoms with Crippen LogP contribution in [-0.4, -0.2) is 19.8 Å². The van der Waals surface area contributed by atoms with Crippen LogP contribution < -0.4 is 14.8 Å². The molecule has 3 nitrogen and oxygen atoms in total. The molecule has 0 aromatic heterocycles. The van der Waals surface area contributed by atoms with Crippen LogP contribution in [0.3, 0.4) is 0 Å². The van der Waals surface area contributed by atoms with Crippen LogP contribution >= 0.6 is 0 Å². The first-order valence-electron chi connectivity index (χ1n) is 7.53. The van der Waals surface area contributed by atoms with Crippen LogP contribution in [0.15, 0.2) is 54.6 Å². The summed E-state index contributed by atoms with van der Waals surface area (Å²) in [5, 5.41) is 3.40.